The van der Waals surface area contributed by atoms with E-state index < -0.39 is 0 Å². The van der Waals surface area contributed by atoms with Gasteiger partial charge in [0.1, 0.15) is 11.3 Å². The molecule has 0 aliphatic heterocycles. The molecule has 2 saturated carbocycles. The predicted molar refractivity (Wildman–Crippen MR) is 148 cm³/mol. The van der Waals surface area contributed by atoms with Crippen LogP contribution in [0.1, 0.15) is 79.0 Å². The Hall–Kier alpha value is -3.94. The van der Waals surface area contributed by atoms with E-state index in [-0.39, 0.29) is 23.9 Å². The van der Waals surface area contributed by atoms with Gasteiger partial charge in [0.05, 0.1) is 36.5 Å². The van der Waals surface area contributed by atoms with Crippen molar-refractivity contribution in [1.29, 1.82) is 0 Å². The maximum atomic E-state index is 12.7. The Bertz CT molecular complexity index is 1470. The lowest BCUT2D eigenvalue weighted by molar-refractivity contribution is 0.0599. The van der Waals surface area contributed by atoms with E-state index >= 15 is 0 Å². The Morgan fingerprint density at radius 1 is 1.03 bits per heavy atom. The van der Waals surface area contributed by atoms with Gasteiger partial charge in [-0.1, -0.05) is 48.7 Å². The molecule has 3 atom stereocenters. The van der Waals surface area contributed by atoms with Gasteiger partial charge in [0.25, 0.3) is 0 Å². The first-order valence-electron chi connectivity index (χ1n) is 13.9. The molecule has 2 aromatic heterocycles. The highest BCUT2D eigenvalue weighted by Crippen LogP contribution is 2.55. The molecular formula is C31H35N5O3. The molecule has 0 saturated heterocycles. The molecule has 0 N–H and O–H groups in total. The Labute approximate surface area is 228 Å². The van der Waals surface area contributed by atoms with Crippen LogP contribution >= 0.6 is 0 Å². The van der Waals surface area contributed by atoms with Crippen LogP contribution in [0.15, 0.2) is 60.9 Å². The van der Waals surface area contributed by atoms with E-state index in [9.17, 15) is 4.79 Å². The molecule has 0 radical (unpaired) electrons. The van der Waals surface area contributed by atoms with Gasteiger partial charge in [-0.25, -0.2) is 9.48 Å². The zero-order valence-corrected chi connectivity index (χ0v) is 22.8. The molecule has 8 nitrogen and oxygen atoms in total. The zero-order chi connectivity index (χ0) is 26.9. The number of aryl methyl sites for hydroxylation is 1. The van der Waals surface area contributed by atoms with Crippen molar-refractivity contribution in [2.75, 3.05) is 7.11 Å². The summed E-state index contributed by atoms with van der Waals surface area (Å²) in [5.74, 6) is 1.45. The van der Waals surface area contributed by atoms with Crippen LogP contribution in [0, 0.1) is 5.92 Å². The van der Waals surface area contributed by atoms with Gasteiger partial charge >= 0.3 is 5.97 Å². The van der Waals surface area contributed by atoms with Gasteiger partial charge in [-0.05, 0) is 67.5 Å². The third-order valence-corrected chi connectivity index (χ3v) is 8.25. The summed E-state index contributed by atoms with van der Waals surface area (Å²) in [6.45, 7) is 2.20. The number of ether oxygens (including phenoxy) is 2. The monoisotopic (exact) mass is 525 g/mol. The molecule has 6 rings (SSSR count). The SMILES string of the molecule is COC(=O)c1cnn(-c2cccc(-c3cccc(O[C@@H](C)C4CCCCC4)c3)c2)c1C1C[C@H]1c1cn(C)nn1. The average Bonchev–Trinajstić information content (AvgIpc) is 3.42. The molecule has 202 valence electrons. The van der Waals surface area contributed by atoms with Gasteiger partial charge in [0.2, 0.25) is 0 Å². The molecule has 2 aliphatic carbocycles. The van der Waals surface area contributed by atoms with Gasteiger partial charge in [-0.2, -0.15) is 5.10 Å². The number of benzene rings is 2. The number of carbonyl (C=O) groups is 1. The summed E-state index contributed by atoms with van der Waals surface area (Å²) in [5.41, 5.74) is 5.31. The quantitative estimate of drug-likeness (QED) is 0.260. The van der Waals surface area contributed by atoms with E-state index in [2.05, 4.69) is 52.7 Å². The second-order valence-electron chi connectivity index (χ2n) is 10.9. The van der Waals surface area contributed by atoms with Crippen LogP contribution in [0.3, 0.4) is 0 Å². The van der Waals surface area contributed by atoms with E-state index in [0.29, 0.717) is 11.5 Å². The second-order valence-corrected chi connectivity index (χ2v) is 10.9. The maximum Gasteiger partial charge on any atom is 0.341 e. The standard InChI is InChI=1S/C31H35N5O3/c1-20(21-9-5-4-6-10-21)39-25-14-8-12-23(16-25)22-11-7-13-24(15-22)36-30(28(18-32-36)31(37)38-3)27-17-26(27)29-19-35(2)34-33-29/h7-8,11-16,18-21,26-27H,4-6,9-10,17H2,1-3H3/t20-,26+,27?/m0/s1. The van der Waals surface area contributed by atoms with E-state index in [1.165, 1.54) is 39.2 Å². The molecule has 2 aliphatic rings. The lowest BCUT2D eigenvalue weighted by atomic mass is 9.86. The topological polar surface area (TPSA) is 84.1 Å². The van der Waals surface area contributed by atoms with Crippen molar-refractivity contribution in [2.24, 2.45) is 13.0 Å². The van der Waals surface area contributed by atoms with Gasteiger partial charge in [-0.15, -0.1) is 5.10 Å². The van der Waals surface area contributed by atoms with Crippen molar-refractivity contribution >= 4 is 5.97 Å². The molecular weight excluding hydrogens is 490 g/mol. The summed E-state index contributed by atoms with van der Waals surface area (Å²) in [6.07, 6.45) is 11.1. The Balaban J connectivity index is 1.29. The number of nitrogens with zero attached hydrogens (tertiary/aromatic N) is 5. The molecule has 1 unspecified atom stereocenters. The van der Waals surface area contributed by atoms with E-state index in [1.54, 1.807) is 10.9 Å². The number of carbonyl (C=O) groups excluding carboxylic acids is 1. The van der Waals surface area contributed by atoms with Gasteiger partial charge in [-0.3, -0.25) is 4.68 Å². The molecule has 4 aromatic rings. The van der Waals surface area contributed by atoms with E-state index in [1.807, 2.05) is 36.1 Å². The van der Waals surface area contributed by atoms with Crippen LogP contribution in [0.5, 0.6) is 5.75 Å². The minimum Gasteiger partial charge on any atom is -0.490 e. The minimum atomic E-state index is -0.380. The normalized spacial score (nSPS) is 20.0. The molecule has 0 bridgehead atoms. The minimum absolute atomic E-state index is 0.111. The largest absolute Gasteiger partial charge is 0.490 e. The van der Waals surface area contributed by atoms with Crippen molar-refractivity contribution in [3.05, 3.63) is 77.9 Å². The van der Waals surface area contributed by atoms with Crippen LogP contribution in [-0.2, 0) is 11.8 Å². The number of aromatic nitrogens is 5. The van der Waals surface area contributed by atoms with Crippen LogP contribution in [0.25, 0.3) is 16.8 Å². The van der Waals surface area contributed by atoms with Gasteiger partial charge in [0.15, 0.2) is 0 Å². The second kappa shape index (κ2) is 10.7. The van der Waals surface area contributed by atoms with Crippen molar-refractivity contribution in [1.82, 2.24) is 24.8 Å². The van der Waals surface area contributed by atoms with Crippen LogP contribution < -0.4 is 4.74 Å². The Kier molecular flexibility index (Phi) is 6.94. The van der Waals surface area contributed by atoms with Gasteiger partial charge in [0, 0.05) is 25.1 Å². The molecule has 2 aromatic carbocycles. The first-order valence-corrected chi connectivity index (χ1v) is 13.9. The fourth-order valence-corrected chi connectivity index (χ4v) is 6.03. The van der Waals surface area contributed by atoms with Crippen LogP contribution in [0.2, 0.25) is 0 Å². The van der Waals surface area contributed by atoms with Crippen molar-refractivity contribution < 1.29 is 14.3 Å². The number of hydrogen-bond acceptors (Lipinski definition) is 6. The maximum absolute atomic E-state index is 12.7. The predicted octanol–water partition coefficient (Wildman–Crippen LogP) is 6.07. The average molecular weight is 526 g/mol. The van der Waals surface area contributed by atoms with Crippen LogP contribution in [0.4, 0.5) is 0 Å². The lowest BCUT2D eigenvalue weighted by Crippen LogP contribution is -2.25. The first-order chi connectivity index (χ1) is 19.0. The summed E-state index contributed by atoms with van der Waals surface area (Å²) < 4.78 is 15.1. The van der Waals surface area contributed by atoms with Crippen LogP contribution in [-0.4, -0.2) is 44.0 Å². The Morgan fingerprint density at radius 3 is 2.54 bits per heavy atom. The zero-order valence-electron chi connectivity index (χ0n) is 22.8. The fraction of sp³-hybridized carbons (Fsp3) is 0.419. The highest BCUT2D eigenvalue weighted by Gasteiger charge is 2.46. The van der Waals surface area contributed by atoms with Crippen molar-refractivity contribution in [2.45, 2.75) is 63.4 Å². The highest BCUT2D eigenvalue weighted by atomic mass is 16.5. The van der Waals surface area contributed by atoms with E-state index in [0.717, 1.165) is 40.4 Å². The van der Waals surface area contributed by atoms with Crippen molar-refractivity contribution in [3.63, 3.8) is 0 Å². The molecule has 0 spiro atoms. The van der Waals surface area contributed by atoms with Crippen molar-refractivity contribution in [3.8, 4) is 22.6 Å². The Morgan fingerprint density at radius 2 is 1.79 bits per heavy atom. The lowest BCUT2D eigenvalue weighted by Gasteiger charge is -2.28. The summed E-state index contributed by atoms with van der Waals surface area (Å²) >= 11 is 0. The van der Waals surface area contributed by atoms with Gasteiger partial charge < -0.3 is 9.47 Å². The summed E-state index contributed by atoms with van der Waals surface area (Å²) in [7, 11) is 3.27. The summed E-state index contributed by atoms with van der Waals surface area (Å²) in [5, 5.41) is 13.0. The molecule has 8 heteroatoms. The summed E-state index contributed by atoms with van der Waals surface area (Å²) in [6, 6.07) is 16.6. The van der Waals surface area contributed by atoms with E-state index in [4.69, 9.17) is 9.47 Å². The number of methoxy groups -OCH3 is 1. The number of rotatable bonds is 8. The fourth-order valence-electron chi connectivity index (χ4n) is 6.03. The third-order valence-electron chi connectivity index (χ3n) is 8.25. The first kappa shape index (κ1) is 25.3. The third kappa shape index (κ3) is 5.20. The number of esters is 1. The number of hydrogen-bond donors (Lipinski definition) is 0. The molecule has 0 amide bonds. The highest BCUT2D eigenvalue weighted by molar-refractivity contribution is 5.91. The summed E-state index contributed by atoms with van der Waals surface area (Å²) in [4.78, 5) is 12.7. The molecule has 2 fully saturated rings. The molecule has 2 heterocycles. The smallest absolute Gasteiger partial charge is 0.341 e. The molecule has 39 heavy (non-hydrogen) atoms.